The minimum absolute atomic E-state index is 0.0197. The smallest absolute Gasteiger partial charge is 0.223 e. The van der Waals surface area contributed by atoms with Crippen molar-refractivity contribution in [1.82, 2.24) is 19.6 Å². The Morgan fingerprint density at radius 1 is 1.11 bits per heavy atom. The van der Waals surface area contributed by atoms with E-state index in [1.54, 1.807) is 6.20 Å². The van der Waals surface area contributed by atoms with Gasteiger partial charge in [-0.1, -0.05) is 18.2 Å². The summed E-state index contributed by atoms with van der Waals surface area (Å²) in [5.41, 5.74) is 8.72. The van der Waals surface area contributed by atoms with Gasteiger partial charge in [0.1, 0.15) is 0 Å². The van der Waals surface area contributed by atoms with Crippen LogP contribution in [0.5, 0.6) is 0 Å². The Kier molecular flexibility index (Phi) is 5.64. The van der Waals surface area contributed by atoms with Crippen LogP contribution in [0.1, 0.15) is 18.0 Å². The van der Waals surface area contributed by atoms with Gasteiger partial charge in [0, 0.05) is 88.8 Å². The van der Waals surface area contributed by atoms with Crippen LogP contribution in [-0.2, 0) is 11.8 Å². The van der Waals surface area contributed by atoms with Crippen molar-refractivity contribution in [3.8, 4) is 0 Å². The number of rotatable bonds is 5. The summed E-state index contributed by atoms with van der Waals surface area (Å²) in [5, 5.41) is 4.24. The molecule has 2 fully saturated rings. The van der Waals surface area contributed by atoms with Crippen molar-refractivity contribution in [2.24, 2.45) is 12.8 Å². The van der Waals surface area contributed by atoms with Crippen molar-refractivity contribution in [2.45, 2.75) is 18.4 Å². The van der Waals surface area contributed by atoms with E-state index in [0.717, 1.165) is 38.4 Å². The number of nitrogens with zero attached hydrogens (tertiary/aromatic N) is 5. The van der Waals surface area contributed by atoms with Gasteiger partial charge in [-0.3, -0.25) is 14.4 Å². The molecule has 0 saturated carbocycles. The Morgan fingerprint density at radius 2 is 1.86 bits per heavy atom. The van der Waals surface area contributed by atoms with E-state index in [9.17, 15) is 4.79 Å². The van der Waals surface area contributed by atoms with Crippen LogP contribution < -0.4 is 10.6 Å². The van der Waals surface area contributed by atoms with Gasteiger partial charge in [0.15, 0.2) is 0 Å². The third kappa shape index (κ3) is 4.05. The molecule has 2 aliphatic rings. The van der Waals surface area contributed by atoms with Crippen molar-refractivity contribution < 1.29 is 4.79 Å². The normalized spacial score (nSPS) is 23.4. The number of aromatic nitrogens is 2. The van der Waals surface area contributed by atoms with Gasteiger partial charge in [-0.2, -0.15) is 5.10 Å². The van der Waals surface area contributed by atoms with E-state index in [1.807, 2.05) is 22.7 Å². The first-order valence-electron chi connectivity index (χ1n) is 10.2. The SMILES string of the molecule is Cn1nccc1[C@@H]1CN(C(=O)CCN2CCN(c3ccccc3)CC2)C[C@H]1N. The summed E-state index contributed by atoms with van der Waals surface area (Å²) < 4.78 is 1.87. The van der Waals surface area contributed by atoms with Crippen LogP contribution in [-0.4, -0.2) is 77.3 Å². The summed E-state index contributed by atoms with van der Waals surface area (Å²) in [6, 6.07) is 12.5. The standard InChI is InChI=1S/C21H30N6O/c1-24-20(7-9-23-24)18-15-27(16-19(18)22)21(28)8-10-25-11-13-26(14-12-25)17-5-3-2-4-6-17/h2-7,9,18-19H,8,10-16,22H2,1H3/t18-,19-/m1/s1. The number of aryl methyl sites for hydroxylation is 1. The quantitative estimate of drug-likeness (QED) is 0.832. The zero-order valence-electron chi connectivity index (χ0n) is 16.6. The molecule has 7 heteroatoms. The number of carbonyl (C=O) groups excluding carboxylic acids is 1. The minimum atomic E-state index is -0.0197. The Morgan fingerprint density at radius 3 is 2.54 bits per heavy atom. The molecule has 3 heterocycles. The third-order valence-electron chi connectivity index (χ3n) is 6.09. The van der Waals surface area contributed by atoms with Crippen LogP contribution in [0.15, 0.2) is 42.6 Å². The molecular formula is C21H30N6O. The maximum Gasteiger partial charge on any atom is 0.223 e. The molecule has 0 aliphatic carbocycles. The molecule has 150 valence electrons. The van der Waals surface area contributed by atoms with Crippen molar-refractivity contribution in [3.63, 3.8) is 0 Å². The van der Waals surface area contributed by atoms with Gasteiger partial charge in [0.05, 0.1) is 0 Å². The van der Waals surface area contributed by atoms with E-state index in [4.69, 9.17) is 5.73 Å². The van der Waals surface area contributed by atoms with Gasteiger partial charge in [0.25, 0.3) is 0 Å². The molecule has 2 N–H and O–H groups in total. The largest absolute Gasteiger partial charge is 0.369 e. The molecule has 7 nitrogen and oxygen atoms in total. The Bertz CT molecular complexity index is 783. The van der Waals surface area contributed by atoms with Gasteiger partial charge in [-0.15, -0.1) is 0 Å². The number of piperazine rings is 1. The lowest BCUT2D eigenvalue weighted by atomic mass is 10.0. The van der Waals surface area contributed by atoms with Crippen LogP contribution in [0, 0.1) is 0 Å². The first-order chi connectivity index (χ1) is 13.6. The molecule has 1 aromatic heterocycles. The van der Waals surface area contributed by atoms with Crippen molar-refractivity contribution in [3.05, 3.63) is 48.3 Å². The molecule has 1 amide bonds. The number of benzene rings is 1. The Hall–Kier alpha value is -2.38. The molecule has 2 aliphatic heterocycles. The number of amides is 1. The molecule has 2 saturated heterocycles. The maximum atomic E-state index is 12.7. The fourth-order valence-corrected chi connectivity index (χ4v) is 4.37. The summed E-state index contributed by atoms with van der Waals surface area (Å²) >= 11 is 0. The van der Waals surface area contributed by atoms with Crippen LogP contribution >= 0.6 is 0 Å². The molecule has 0 spiro atoms. The summed E-state index contributed by atoms with van der Waals surface area (Å²) in [6.45, 7) is 6.17. The van der Waals surface area contributed by atoms with E-state index in [-0.39, 0.29) is 17.9 Å². The van der Waals surface area contributed by atoms with Crippen molar-refractivity contribution >= 4 is 11.6 Å². The molecule has 2 aromatic rings. The zero-order valence-corrected chi connectivity index (χ0v) is 16.6. The Balaban J connectivity index is 1.24. The highest BCUT2D eigenvalue weighted by Gasteiger charge is 2.35. The summed E-state index contributed by atoms with van der Waals surface area (Å²) in [6.07, 6.45) is 2.36. The fourth-order valence-electron chi connectivity index (χ4n) is 4.37. The summed E-state index contributed by atoms with van der Waals surface area (Å²) in [5.74, 6) is 0.386. The number of anilines is 1. The van der Waals surface area contributed by atoms with Crippen molar-refractivity contribution in [1.29, 1.82) is 0 Å². The highest BCUT2D eigenvalue weighted by atomic mass is 16.2. The molecular weight excluding hydrogens is 352 g/mol. The van der Waals surface area contributed by atoms with Crippen LogP contribution in [0.2, 0.25) is 0 Å². The first kappa shape index (κ1) is 19.0. The van der Waals surface area contributed by atoms with E-state index >= 15 is 0 Å². The molecule has 28 heavy (non-hydrogen) atoms. The van der Waals surface area contributed by atoms with Crippen LogP contribution in [0.25, 0.3) is 0 Å². The lowest BCUT2D eigenvalue weighted by Crippen LogP contribution is -2.47. The highest BCUT2D eigenvalue weighted by Crippen LogP contribution is 2.26. The van der Waals surface area contributed by atoms with E-state index in [1.165, 1.54) is 5.69 Å². The predicted octanol–water partition coefficient (Wildman–Crippen LogP) is 0.886. The number of nitrogens with two attached hydrogens (primary N) is 1. The number of hydrogen-bond acceptors (Lipinski definition) is 5. The van der Waals surface area contributed by atoms with E-state index in [0.29, 0.717) is 19.5 Å². The topological polar surface area (TPSA) is 70.6 Å². The van der Waals surface area contributed by atoms with Crippen LogP contribution in [0.4, 0.5) is 5.69 Å². The Labute approximate surface area is 166 Å². The fraction of sp³-hybridized carbons (Fsp3) is 0.524. The molecule has 4 rings (SSSR count). The maximum absolute atomic E-state index is 12.7. The second-order valence-electron chi connectivity index (χ2n) is 7.86. The van der Waals surface area contributed by atoms with Gasteiger partial charge >= 0.3 is 0 Å². The average Bonchev–Trinajstić information content (AvgIpc) is 3.32. The average molecular weight is 383 g/mol. The lowest BCUT2D eigenvalue weighted by Gasteiger charge is -2.36. The molecule has 0 unspecified atom stereocenters. The van der Waals surface area contributed by atoms with Gasteiger partial charge in [-0.05, 0) is 18.2 Å². The second kappa shape index (κ2) is 8.32. The summed E-state index contributed by atoms with van der Waals surface area (Å²) in [4.78, 5) is 19.5. The van der Waals surface area contributed by atoms with E-state index in [2.05, 4.69) is 45.2 Å². The summed E-state index contributed by atoms with van der Waals surface area (Å²) in [7, 11) is 1.93. The predicted molar refractivity (Wildman–Crippen MR) is 110 cm³/mol. The minimum Gasteiger partial charge on any atom is -0.369 e. The zero-order chi connectivity index (χ0) is 19.5. The van der Waals surface area contributed by atoms with Crippen molar-refractivity contribution in [2.75, 3.05) is 50.7 Å². The van der Waals surface area contributed by atoms with Crippen LogP contribution in [0.3, 0.4) is 0 Å². The monoisotopic (exact) mass is 382 g/mol. The third-order valence-corrected chi connectivity index (χ3v) is 6.09. The molecule has 0 bridgehead atoms. The molecule has 0 radical (unpaired) electrons. The molecule has 1 aromatic carbocycles. The highest BCUT2D eigenvalue weighted by molar-refractivity contribution is 5.77. The van der Waals surface area contributed by atoms with Gasteiger partial charge in [0.2, 0.25) is 5.91 Å². The first-order valence-corrected chi connectivity index (χ1v) is 10.2. The number of hydrogen-bond donors (Lipinski definition) is 1. The number of likely N-dealkylation sites (tertiary alicyclic amines) is 1. The van der Waals surface area contributed by atoms with Gasteiger partial charge in [-0.25, -0.2) is 0 Å². The number of para-hydroxylation sites is 1. The second-order valence-corrected chi connectivity index (χ2v) is 7.86. The lowest BCUT2D eigenvalue weighted by molar-refractivity contribution is -0.130. The molecule has 2 atom stereocenters. The van der Waals surface area contributed by atoms with E-state index < -0.39 is 0 Å². The van der Waals surface area contributed by atoms with Gasteiger partial charge < -0.3 is 15.5 Å². The number of carbonyl (C=O) groups is 1.